The molecule has 0 bridgehead atoms. The van der Waals surface area contributed by atoms with Gasteiger partial charge in [-0.2, -0.15) is 0 Å². The molecule has 1 radical (unpaired) electrons. The third-order valence-electron chi connectivity index (χ3n) is 0. The molecule has 0 unspecified atom stereocenters. The summed E-state index contributed by atoms with van der Waals surface area (Å²) in [4.78, 5) is 0. The van der Waals surface area contributed by atoms with E-state index in [1.807, 2.05) is 0 Å². The average Bonchev–Trinajstić information content (AvgIpc) is 0. The normalized spacial score (nSPS) is 0. The van der Waals surface area contributed by atoms with E-state index in [-0.39, 0.29) is 35.2 Å². The second kappa shape index (κ2) is 129. The monoisotopic (exact) mass is 110 g/mol. The first-order valence-electron chi connectivity index (χ1n) is 0. The van der Waals surface area contributed by atoms with E-state index in [2.05, 4.69) is 0 Å². The topological polar surface area (TPSA) is 105 Å². The van der Waals surface area contributed by atoms with Crippen molar-refractivity contribution in [1.29, 1.82) is 0 Å². The Bertz CT molecular complexity index is 3.25. The van der Waals surface area contributed by atoms with E-state index in [9.17, 15) is 0 Å². The van der Waals surface area contributed by atoms with E-state index < -0.39 is 0 Å². The third kappa shape index (κ3) is 30.7. The first kappa shape index (κ1) is 337. The zero-order valence-corrected chi connectivity index (χ0v) is 3.50. The fraction of sp³-hybridized carbons (Fsp3) is 0. The Hall–Kier alpha value is 0.386. The van der Waals surface area contributed by atoms with Gasteiger partial charge in [0.2, 0.25) is 0 Å². The Kier molecular flexibility index (Phi) is 10900. The molecule has 0 fully saturated rings. The summed E-state index contributed by atoms with van der Waals surface area (Å²) in [7, 11) is 0. The van der Waals surface area contributed by atoms with Crippen LogP contribution in [-0.4, -0.2) is 0 Å². The molecule has 4 heavy (non-hydrogen) atoms. The van der Waals surface area contributed by atoms with Gasteiger partial charge in [0, 0.05) is 16.8 Å². The summed E-state index contributed by atoms with van der Waals surface area (Å²) in [5.41, 5.74) is 0. The zero-order chi connectivity index (χ0) is 0. The van der Waals surface area contributed by atoms with E-state index in [1.54, 1.807) is 0 Å². The number of hydrogen-bond acceptors (Lipinski definition) is 3. The molecule has 4 heteroatoms. The molecule has 0 saturated heterocycles. The Morgan fingerprint density at radius 2 is 0.500 bits per heavy atom. The number of hydrogen-bond donors (Lipinski definition) is 3. The molecule has 9 N–H and O–H groups in total. The van der Waals surface area contributed by atoms with Crippen LogP contribution < -0.4 is 18.5 Å². The maximum atomic E-state index is 0. The standard InChI is InChI=1S/Co.3H3N/h;3*1H3. The predicted octanol–water partition coefficient (Wildman–Crippen LogP) is 0.483. The Morgan fingerprint density at radius 3 is 0.500 bits per heavy atom. The molecule has 0 saturated carbocycles. The second-order valence-corrected chi connectivity index (χ2v) is 0. The maximum absolute atomic E-state index is 0. The smallest absolute Gasteiger partial charge is 0 e. The Labute approximate surface area is 36.1 Å². The molecule has 0 spiro atoms. The first-order valence-corrected chi connectivity index (χ1v) is 0. The summed E-state index contributed by atoms with van der Waals surface area (Å²) in [6, 6.07) is 0. The SMILES string of the molecule is N.N.N.[Co]. The van der Waals surface area contributed by atoms with Gasteiger partial charge in [0.25, 0.3) is 0 Å². The molecule has 3 nitrogen and oxygen atoms in total. The van der Waals surface area contributed by atoms with Crippen LogP contribution in [0.25, 0.3) is 0 Å². The predicted molar refractivity (Wildman–Crippen MR) is 15.1 cm³/mol. The van der Waals surface area contributed by atoms with Gasteiger partial charge < -0.3 is 18.5 Å². The van der Waals surface area contributed by atoms with E-state index in [0.29, 0.717) is 0 Å². The van der Waals surface area contributed by atoms with Crippen LogP contribution >= 0.6 is 0 Å². The van der Waals surface area contributed by atoms with Crippen molar-refractivity contribution >= 4 is 0 Å². The zero-order valence-electron chi connectivity index (χ0n) is 2.45. The van der Waals surface area contributed by atoms with Gasteiger partial charge in [-0.1, -0.05) is 0 Å². The molecule has 0 aromatic heterocycles. The maximum Gasteiger partial charge on any atom is 0 e. The first-order chi connectivity index (χ1) is 0. The minimum atomic E-state index is 0. The van der Waals surface area contributed by atoms with Gasteiger partial charge in [-0.05, 0) is 0 Å². The van der Waals surface area contributed by atoms with Crippen LogP contribution in [-0.2, 0) is 16.8 Å². The quantitative estimate of drug-likeness (QED) is 0.422. The molecule has 0 atom stereocenters. The van der Waals surface area contributed by atoms with Gasteiger partial charge in [0.05, 0.1) is 0 Å². The van der Waals surface area contributed by atoms with Gasteiger partial charge in [-0.3, -0.25) is 0 Å². The molecule has 33 valence electrons. The van der Waals surface area contributed by atoms with Crippen molar-refractivity contribution in [1.82, 2.24) is 18.5 Å². The van der Waals surface area contributed by atoms with Gasteiger partial charge in [-0.25, -0.2) is 0 Å². The van der Waals surface area contributed by atoms with E-state index in [0.717, 1.165) is 0 Å². The molecule has 0 aromatic carbocycles. The van der Waals surface area contributed by atoms with Gasteiger partial charge in [-0.15, -0.1) is 0 Å². The van der Waals surface area contributed by atoms with E-state index >= 15 is 0 Å². The van der Waals surface area contributed by atoms with Crippen LogP contribution in [0.15, 0.2) is 0 Å². The Morgan fingerprint density at radius 1 is 0.500 bits per heavy atom. The summed E-state index contributed by atoms with van der Waals surface area (Å²) in [5, 5.41) is 0. The summed E-state index contributed by atoms with van der Waals surface area (Å²) in [5.74, 6) is 0. The fourth-order valence-corrected chi connectivity index (χ4v) is 0. The molecule has 0 rings (SSSR count). The van der Waals surface area contributed by atoms with Crippen LogP contribution in [0.5, 0.6) is 0 Å². The largest absolute Gasteiger partial charge is 0.344 e. The van der Waals surface area contributed by atoms with Gasteiger partial charge in [0.1, 0.15) is 0 Å². The fourth-order valence-electron chi connectivity index (χ4n) is 0. The molecule has 0 aliphatic carbocycles. The Balaban J connectivity index is 0. The van der Waals surface area contributed by atoms with Crippen LogP contribution in [0.2, 0.25) is 0 Å². The average molecular weight is 110 g/mol. The summed E-state index contributed by atoms with van der Waals surface area (Å²) < 4.78 is 0. The minimum Gasteiger partial charge on any atom is -0.344 e. The molecular formula is H9CoN3. The molecule has 0 heterocycles. The summed E-state index contributed by atoms with van der Waals surface area (Å²) >= 11 is 0. The minimum absolute atomic E-state index is 0. The van der Waals surface area contributed by atoms with E-state index in [4.69, 9.17) is 0 Å². The van der Waals surface area contributed by atoms with Crippen LogP contribution in [0.1, 0.15) is 0 Å². The van der Waals surface area contributed by atoms with Crippen LogP contribution in [0.3, 0.4) is 0 Å². The van der Waals surface area contributed by atoms with Crippen molar-refractivity contribution < 1.29 is 16.8 Å². The molecule has 0 amide bonds. The van der Waals surface area contributed by atoms with Crippen molar-refractivity contribution in [3.63, 3.8) is 0 Å². The molecular weight excluding hydrogens is 101 g/mol. The van der Waals surface area contributed by atoms with Crippen LogP contribution in [0.4, 0.5) is 0 Å². The van der Waals surface area contributed by atoms with Crippen molar-refractivity contribution in [3.05, 3.63) is 0 Å². The van der Waals surface area contributed by atoms with Crippen molar-refractivity contribution in [2.45, 2.75) is 0 Å². The van der Waals surface area contributed by atoms with Gasteiger partial charge in [0.15, 0.2) is 0 Å². The van der Waals surface area contributed by atoms with Crippen molar-refractivity contribution in [3.8, 4) is 0 Å². The molecule has 0 aliphatic rings. The van der Waals surface area contributed by atoms with Crippen molar-refractivity contribution in [2.75, 3.05) is 0 Å². The summed E-state index contributed by atoms with van der Waals surface area (Å²) in [6.07, 6.45) is 0. The van der Waals surface area contributed by atoms with Crippen molar-refractivity contribution in [2.24, 2.45) is 0 Å². The van der Waals surface area contributed by atoms with Crippen LogP contribution in [0, 0.1) is 0 Å². The summed E-state index contributed by atoms with van der Waals surface area (Å²) in [6.45, 7) is 0. The number of rotatable bonds is 0. The van der Waals surface area contributed by atoms with E-state index in [1.165, 1.54) is 0 Å². The second-order valence-electron chi connectivity index (χ2n) is 0. The molecule has 0 aromatic rings. The molecule has 0 aliphatic heterocycles. The third-order valence-corrected chi connectivity index (χ3v) is 0. The van der Waals surface area contributed by atoms with Gasteiger partial charge >= 0.3 is 0 Å².